The number of ether oxygens (including phenoxy) is 2. The van der Waals surface area contributed by atoms with Crippen LogP contribution in [0.25, 0.3) is 0 Å². The van der Waals surface area contributed by atoms with Crippen molar-refractivity contribution in [2.75, 3.05) is 39.9 Å². The van der Waals surface area contributed by atoms with Gasteiger partial charge in [-0.25, -0.2) is 0 Å². The normalized spacial score (nSPS) is 20.9. The van der Waals surface area contributed by atoms with Gasteiger partial charge >= 0.3 is 0 Å². The van der Waals surface area contributed by atoms with E-state index in [0.29, 0.717) is 13.2 Å². The van der Waals surface area contributed by atoms with Gasteiger partial charge < -0.3 is 9.47 Å². The predicted octanol–water partition coefficient (Wildman–Crippen LogP) is 6.29. The Balaban J connectivity index is 0.00000171. The molecule has 3 aromatic rings. The minimum absolute atomic E-state index is 0. The number of rotatable bonds is 5. The van der Waals surface area contributed by atoms with E-state index in [-0.39, 0.29) is 36.4 Å². The fourth-order valence-corrected chi connectivity index (χ4v) is 5.25. The van der Waals surface area contributed by atoms with E-state index in [4.69, 9.17) is 21.1 Å². The fraction of sp³-hybridized carbons (Fsp3) is 0.357. The molecule has 4 nitrogen and oxygen atoms in total. The first kappa shape index (κ1) is 27.6. The summed E-state index contributed by atoms with van der Waals surface area (Å²) < 4.78 is 11.6. The SMILES string of the molecule is CN1CCN(C(c2ccccc2)c2ccc(Cl)cc2)CC1(C)Cc1ccc2c(c1)OCCO2.Cl.Cl. The molecule has 1 fully saturated rings. The minimum atomic E-state index is -0.0124. The maximum atomic E-state index is 6.21. The van der Waals surface area contributed by atoms with Crippen molar-refractivity contribution >= 4 is 36.4 Å². The number of hydrogen-bond acceptors (Lipinski definition) is 4. The summed E-state index contributed by atoms with van der Waals surface area (Å²) in [6, 6.07) is 25.7. The van der Waals surface area contributed by atoms with Gasteiger partial charge in [0.2, 0.25) is 0 Å². The molecule has 3 aromatic carbocycles. The van der Waals surface area contributed by atoms with E-state index in [2.05, 4.69) is 78.4 Å². The molecule has 188 valence electrons. The van der Waals surface area contributed by atoms with Crippen molar-refractivity contribution in [3.8, 4) is 11.5 Å². The average molecular weight is 536 g/mol. The molecule has 0 N–H and O–H groups in total. The number of fused-ring (bicyclic) bond motifs is 1. The van der Waals surface area contributed by atoms with Crippen LogP contribution in [0.3, 0.4) is 0 Å². The van der Waals surface area contributed by atoms with Crippen molar-refractivity contribution in [3.63, 3.8) is 0 Å². The third-order valence-electron chi connectivity index (χ3n) is 7.05. The maximum absolute atomic E-state index is 6.21. The molecule has 0 radical (unpaired) electrons. The van der Waals surface area contributed by atoms with Gasteiger partial charge in [0, 0.05) is 30.2 Å². The maximum Gasteiger partial charge on any atom is 0.161 e. The van der Waals surface area contributed by atoms with Gasteiger partial charge in [-0.2, -0.15) is 0 Å². The average Bonchev–Trinajstić information content (AvgIpc) is 2.83. The second-order valence-electron chi connectivity index (χ2n) is 9.41. The smallest absolute Gasteiger partial charge is 0.161 e. The lowest BCUT2D eigenvalue weighted by Crippen LogP contribution is -2.60. The van der Waals surface area contributed by atoms with Gasteiger partial charge in [-0.3, -0.25) is 9.80 Å². The molecule has 0 aromatic heterocycles. The first-order valence-electron chi connectivity index (χ1n) is 11.7. The standard InChI is InChI=1S/C28H31ClN2O2.2ClH/c1-28(19-21-8-13-25-26(18-21)33-17-16-32-25)20-31(15-14-30(28)2)27(22-6-4-3-5-7-22)23-9-11-24(29)12-10-23;;/h3-13,18,27H,14-17,19-20H2,1-2H3;2*1H. The highest BCUT2D eigenvalue weighted by Gasteiger charge is 2.39. The Morgan fingerprint density at radius 3 is 2.23 bits per heavy atom. The second-order valence-corrected chi connectivity index (χ2v) is 9.84. The van der Waals surface area contributed by atoms with Crippen LogP contribution in [0.5, 0.6) is 11.5 Å². The summed E-state index contributed by atoms with van der Waals surface area (Å²) in [5.41, 5.74) is 3.85. The zero-order chi connectivity index (χ0) is 22.8. The highest BCUT2D eigenvalue weighted by atomic mass is 35.5. The molecule has 0 aliphatic carbocycles. The molecule has 2 aliphatic rings. The van der Waals surface area contributed by atoms with Gasteiger partial charge in [0.1, 0.15) is 13.2 Å². The van der Waals surface area contributed by atoms with Crippen LogP contribution in [0, 0.1) is 0 Å². The van der Waals surface area contributed by atoms with Crippen LogP contribution in [-0.2, 0) is 6.42 Å². The molecule has 2 atom stereocenters. The number of piperazine rings is 1. The molecule has 2 heterocycles. The Morgan fingerprint density at radius 2 is 1.51 bits per heavy atom. The van der Waals surface area contributed by atoms with E-state index in [9.17, 15) is 0 Å². The van der Waals surface area contributed by atoms with Crippen LogP contribution in [0.15, 0.2) is 72.8 Å². The Morgan fingerprint density at radius 1 is 0.857 bits per heavy atom. The zero-order valence-corrected chi connectivity index (χ0v) is 22.5. The highest BCUT2D eigenvalue weighted by Crippen LogP contribution is 2.36. The van der Waals surface area contributed by atoms with E-state index in [1.165, 1.54) is 16.7 Å². The van der Waals surface area contributed by atoms with Gasteiger partial charge in [-0.05, 0) is 61.3 Å². The summed E-state index contributed by atoms with van der Waals surface area (Å²) in [5, 5.41) is 0.771. The van der Waals surface area contributed by atoms with E-state index >= 15 is 0 Å². The zero-order valence-electron chi connectivity index (χ0n) is 20.2. The first-order valence-corrected chi connectivity index (χ1v) is 12.0. The summed E-state index contributed by atoms with van der Waals surface area (Å²) >= 11 is 6.21. The lowest BCUT2D eigenvalue weighted by Gasteiger charge is -2.50. The minimum Gasteiger partial charge on any atom is -0.486 e. The molecule has 35 heavy (non-hydrogen) atoms. The van der Waals surface area contributed by atoms with Crippen LogP contribution in [0.1, 0.15) is 29.7 Å². The quantitative estimate of drug-likeness (QED) is 0.383. The molecule has 7 heteroatoms. The third-order valence-corrected chi connectivity index (χ3v) is 7.30. The van der Waals surface area contributed by atoms with Crippen LogP contribution in [0.4, 0.5) is 0 Å². The van der Waals surface area contributed by atoms with Crippen LogP contribution < -0.4 is 9.47 Å². The molecule has 0 saturated carbocycles. The van der Waals surface area contributed by atoms with Crippen molar-refractivity contribution in [1.29, 1.82) is 0 Å². The van der Waals surface area contributed by atoms with Crippen molar-refractivity contribution in [1.82, 2.24) is 9.80 Å². The molecular formula is C28H33Cl3N2O2. The predicted molar refractivity (Wildman–Crippen MR) is 148 cm³/mol. The molecule has 2 aliphatic heterocycles. The van der Waals surface area contributed by atoms with E-state index in [1.54, 1.807) is 0 Å². The lowest BCUT2D eigenvalue weighted by atomic mass is 9.86. The molecule has 5 rings (SSSR count). The summed E-state index contributed by atoms with van der Waals surface area (Å²) in [6.45, 7) is 6.59. The summed E-state index contributed by atoms with van der Waals surface area (Å²) in [5.74, 6) is 1.71. The molecule has 0 bridgehead atoms. The molecular weight excluding hydrogens is 503 g/mol. The van der Waals surface area contributed by atoms with Gasteiger partial charge in [-0.1, -0.05) is 60.1 Å². The number of nitrogens with zero attached hydrogens (tertiary/aromatic N) is 2. The first-order chi connectivity index (χ1) is 16.0. The summed E-state index contributed by atoms with van der Waals surface area (Å²) in [7, 11) is 2.25. The van der Waals surface area contributed by atoms with Gasteiger partial charge in [0.15, 0.2) is 11.5 Å². The number of hydrogen-bond donors (Lipinski definition) is 0. The van der Waals surface area contributed by atoms with Crippen molar-refractivity contribution in [2.45, 2.75) is 24.9 Å². The fourth-order valence-electron chi connectivity index (χ4n) is 5.13. The molecule has 0 amide bonds. The van der Waals surface area contributed by atoms with Crippen molar-refractivity contribution in [2.24, 2.45) is 0 Å². The van der Waals surface area contributed by atoms with E-state index < -0.39 is 0 Å². The Hall–Kier alpha value is -1.95. The monoisotopic (exact) mass is 534 g/mol. The van der Waals surface area contributed by atoms with Gasteiger partial charge in [-0.15, -0.1) is 24.8 Å². The van der Waals surface area contributed by atoms with Gasteiger partial charge in [0.05, 0.1) is 6.04 Å². The third kappa shape index (κ3) is 6.07. The van der Waals surface area contributed by atoms with Crippen molar-refractivity contribution in [3.05, 3.63) is 94.5 Å². The number of likely N-dealkylation sites (N-methyl/N-ethyl adjacent to an activating group) is 1. The van der Waals surface area contributed by atoms with E-state index in [0.717, 1.165) is 42.6 Å². The Labute approximate surface area is 226 Å². The molecule has 1 saturated heterocycles. The topological polar surface area (TPSA) is 24.9 Å². The van der Waals surface area contributed by atoms with Crippen LogP contribution in [-0.4, -0.2) is 55.2 Å². The Kier molecular flexibility index (Phi) is 9.36. The summed E-state index contributed by atoms with van der Waals surface area (Å²) in [4.78, 5) is 5.13. The van der Waals surface area contributed by atoms with E-state index in [1.807, 2.05) is 18.2 Å². The molecule has 2 unspecified atom stereocenters. The van der Waals surface area contributed by atoms with Crippen LogP contribution in [0.2, 0.25) is 5.02 Å². The van der Waals surface area contributed by atoms with Gasteiger partial charge in [0.25, 0.3) is 0 Å². The largest absolute Gasteiger partial charge is 0.486 e. The van der Waals surface area contributed by atoms with Crippen LogP contribution >= 0.6 is 36.4 Å². The highest BCUT2D eigenvalue weighted by molar-refractivity contribution is 6.30. The second kappa shape index (κ2) is 11.9. The van der Waals surface area contributed by atoms with Crippen molar-refractivity contribution < 1.29 is 9.47 Å². The molecule has 0 spiro atoms. The Bertz CT molecular complexity index is 1100. The summed E-state index contributed by atoms with van der Waals surface area (Å²) in [6.07, 6.45) is 0.943. The lowest BCUT2D eigenvalue weighted by molar-refractivity contribution is 0.0133. The number of halogens is 3. The number of benzene rings is 3.